The summed E-state index contributed by atoms with van der Waals surface area (Å²) in [6, 6.07) is 11.4. The summed E-state index contributed by atoms with van der Waals surface area (Å²) in [5, 5.41) is 14.2. The SMILES string of the molecule is O=C(COc1cccc([N+](=O)[O-])c1)N/N=C\c1ccccc1F. The van der Waals surface area contributed by atoms with Crippen LogP contribution < -0.4 is 10.2 Å². The van der Waals surface area contributed by atoms with Gasteiger partial charge < -0.3 is 4.74 Å². The van der Waals surface area contributed by atoms with Crippen molar-refractivity contribution in [3.63, 3.8) is 0 Å². The number of carbonyl (C=O) groups excluding carboxylic acids is 1. The number of amides is 1. The third-order valence-corrected chi connectivity index (χ3v) is 2.70. The monoisotopic (exact) mass is 317 g/mol. The van der Waals surface area contributed by atoms with E-state index in [1.54, 1.807) is 6.07 Å². The number of carbonyl (C=O) groups is 1. The van der Waals surface area contributed by atoms with Crippen molar-refractivity contribution in [3.8, 4) is 5.75 Å². The highest BCUT2D eigenvalue weighted by atomic mass is 19.1. The molecule has 0 spiro atoms. The summed E-state index contributed by atoms with van der Waals surface area (Å²) in [5.41, 5.74) is 2.26. The van der Waals surface area contributed by atoms with Gasteiger partial charge in [-0.2, -0.15) is 5.10 Å². The summed E-state index contributed by atoms with van der Waals surface area (Å²) in [6.07, 6.45) is 1.17. The molecule has 0 unspecified atom stereocenters. The summed E-state index contributed by atoms with van der Waals surface area (Å²) >= 11 is 0. The number of hydrogen-bond acceptors (Lipinski definition) is 5. The van der Waals surface area contributed by atoms with Crippen LogP contribution in [0.15, 0.2) is 53.6 Å². The van der Waals surface area contributed by atoms with Gasteiger partial charge in [-0.25, -0.2) is 9.82 Å². The van der Waals surface area contributed by atoms with Gasteiger partial charge in [0.15, 0.2) is 6.61 Å². The number of nitrogens with one attached hydrogen (secondary N) is 1. The first-order valence-corrected chi connectivity index (χ1v) is 6.50. The number of hydrazone groups is 1. The predicted octanol–water partition coefficient (Wildman–Crippen LogP) is 2.26. The van der Waals surface area contributed by atoms with Gasteiger partial charge in [0.2, 0.25) is 0 Å². The Morgan fingerprint density at radius 2 is 2.09 bits per heavy atom. The van der Waals surface area contributed by atoms with Crippen LogP contribution in [0, 0.1) is 15.9 Å². The van der Waals surface area contributed by atoms with Gasteiger partial charge in [-0.15, -0.1) is 0 Å². The van der Waals surface area contributed by atoms with E-state index in [2.05, 4.69) is 10.5 Å². The Labute approximate surface area is 130 Å². The quantitative estimate of drug-likeness (QED) is 0.502. The van der Waals surface area contributed by atoms with Crippen molar-refractivity contribution in [3.05, 3.63) is 70.0 Å². The number of non-ortho nitro benzene ring substituents is 1. The van der Waals surface area contributed by atoms with Crippen molar-refractivity contribution in [1.82, 2.24) is 5.43 Å². The number of ether oxygens (including phenoxy) is 1. The first kappa shape index (κ1) is 16.1. The molecule has 0 radical (unpaired) electrons. The fourth-order valence-electron chi connectivity index (χ4n) is 1.62. The van der Waals surface area contributed by atoms with E-state index in [9.17, 15) is 19.3 Å². The molecular formula is C15H12FN3O4. The number of nitrogens with zero attached hydrogens (tertiary/aromatic N) is 2. The molecule has 118 valence electrons. The molecule has 0 fully saturated rings. The minimum atomic E-state index is -0.580. The zero-order valence-corrected chi connectivity index (χ0v) is 11.8. The fourth-order valence-corrected chi connectivity index (χ4v) is 1.62. The molecule has 2 aromatic carbocycles. The van der Waals surface area contributed by atoms with Crippen LogP contribution in [0.1, 0.15) is 5.56 Å². The second kappa shape index (κ2) is 7.64. The molecule has 8 heteroatoms. The third kappa shape index (κ3) is 4.88. The summed E-state index contributed by atoms with van der Waals surface area (Å²) in [4.78, 5) is 21.6. The van der Waals surface area contributed by atoms with Crippen LogP contribution >= 0.6 is 0 Å². The van der Waals surface area contributed by atoms with Gasteiger partial charge in [-0.3, -0.25) is 14.9 Å². The van der Waals surface area contributed by atoms with Crippen molar-refractivity contribution < 1.29 is 18.8 Å². The predicted molar refractivity (Wildman–Crippen MR) is 80.7 cm³/mol. The lowest BCUT2D eigenvalue weighted by molar-refractivity contribution is -0.384. The van der Waals surface area contributed by atoms with Gasteiger partial charge in [0, 0.05) is 11.6 Å². The number of nitro groups is 1. The second-order valence-corrected chi connectivity index (χ2v) is 4.36. The van der Waals surface area contributed by atoms with Gasteiger partial charge in [-0.05, 0) is 12.1 Å². The summed E-state index contributed by atoms with van der Waals surface area (Å²) < 4.78 is 18.4. The molecule has 0 aliphatic rings. The smallest absolute Gasteiger partial charge is 0.277 e. The van der Waals surface area contributed by atoms with Crippen LogP contribution in [0.2, 0.25) is 0 Å². The fraction of sp³-hybridized carbons (Fsp3) is 0.0667. The molecule has 23 heavy (non-hydrogen) atoms. The van der Waals surface area contributed by atoms with E-state index in [0.29, 0.717) is 0 Å². The summed E-state index contributed by atoms with van der Waals surface area (Å²) in [5.74, 6) is -0.852. The number of hydrogen-bond donors (Lipinski definition) is 1. The largest absolute Gasteiger partial charge is 0.483 e. The van der Waals surface area contributed by atoms with Crippen molar-refractivity contribution in [2.24, 2.45) is 5.10 Å². The number of halogens is 1. The minimum Gasteiger partial charge on any atom is -0.483 e. The zero-order valence-electron chi connectivity index (χ0n) is 11.8. The Kier molecular flexibility index (Phi) is 5.35. The van der Waals surface area contributed by atoms with E-state index in [4.69, 9.17) is 4.74 Å². The van der Waals surface area contributed by atoms with Gasteiger partial charge in [0.05, 0.1) is 17.2 Å². The van der Waals surface area contributed by atoms with Gasteiger partial charge in [0.25, 0.3) is 11.6 Å². The highest BCUT2D eigenvalue weighted by molar-refractivity contribution is 5.83. The van der Waals surface area contributed by atoms with E-state index in [1.165, 1.54) is 48.7 Å². The van der Waals surface area contributed by atoms with Gasteiger partial charge in [0.1, 0.15) is 11.6 Å². The van der Waals surface area contributed by atoms with Crippen molar-refractivity contribution in [2.75, 3.05) is 6.61 Å². The molecule has 0 saturated carbocycles. The molecule has 0 aliphatic heterocycles. The molecule has 2 aromatic rings. The van der Waals surface area contributed by atoms with E-state index >= 15 is 0 Å². The highest BCUT2D eigenvalue weighted by Crippen LogP contribution is 2.18. The molecule has 7 nitrogen and oxygen atoms in total. The molecule has 2 rings (SSSR count). The lowest BCUT2D eigenvalue weighted by Crippen LogP contribution is -2.24. The Hall–Kier alpha value is -3.29. The standard InChI is InChI=1S/C15H12FN3O4/c16-14-7-2-1-4-11(14)9-17-18-15(20)10-23-13-6-3-5-12(8-13)19(21)22/h1-9H,10H2,(H,18,20)/b17-9-. The molecule has 0 aromatic heterocycles. The van der Waals surface area contributed by atoms with E-state index in [-0.39, 0.29) is 23.6 Å². The summed E-state index contributed by atoms with van der Waals surface area (Å²) in [7, 11) is 0. The Morgan fingerprint density at radius 3 is 2.83 bits per heavy atom. The van der Waals surface area contributed by atoms with Crippen LogP contribution in [0.5, 0.6) is 5.75 Å². The average Bonchev–Trinajstić information content (AvgIpc) is 2.55. The Balaban J connectivity index is 1.85. The highest BCUT2D eigenvalue weighted by Gasteiger charge is 2.07. The van der Waals surface area contributed by atoms with Crippen molar-refractivity contribution >= 4 is 17.8 Å². The molecule has 0 saturated heterocycles. The van der Waals surface area contributed by atoms with Gasteiger partial charge in [-0.1, -0.05) is 24.3 Å². The Bertz CT molecular complexity index is 749. The molecule has 1 N–H and O–H groups in total. The van der Waals surface area contributed by atoms with Crippen molar-refractivity contribution in [1.29, 1.82) is 0 Å². The molecule has 0 bridgehead atoms. The number of rotatable bonds is 6. The maximum Gasteiger partial charge on any atom is 0.277 e. The first-order chi connectivity index (χ1) is 11.1. The van der Waals surface area contributed by atoms with Crippen molar-refractivity contribution in [2.45, 2.75) is 0 Å². The maximum absolute atomic E-state index is 13.3. The lowest BCUT2D eigenvalue weighted by atomic mass is 10.2. The molecule has 0 atom stereocenters. The topological polar surface area (TPSA) is 93.8 Å². The lowest BCUT2D eigenvalue weighted by Gasteiger charge is -2.04. The first-order valence-electron chi connectivity index (χ1n) is 6.50. The summed E-state index contributed by atoms with van der Waals surface area (Å²) in [6.45, 7) is -0.379. The minimum absolute atomic E-state index is 0.138. The molecule has 0 heterocycles. The van der Waals surface area contributed by atoms with Crippen LogP contribution in [-0.4, -0.2) is 23.7 Å². The molecule has 1 amide bonds. The van der Waals surface area contributed by atoms with Crippen LogP contribution in [0.25, 0.3) is 0 Å². The maximum atomic E-state index is 13.3. The normalized spacial score (nSPS) is 10.5. The second-order valence-electron chi connectivity index (χ2n) is 4.36. The number of benzene rings is 2. The average molecular weight is 317 g/mol. The van der Waals surface area contributed by atoms with Crippen LogP contribution in [-0.2, 0) is 4.79 Å². The molecular weight excluding hydrogens is 305 g/mol. The number of nitro benzene ring substituents is 1. The van der Waals surface area contributed by atoms with E-state index < -0.39 is 16.6 Å². The zero-order chi connectivity index (χ0) is 16.7. The van der Waals surface area contributed by atoms with Crippen LogP contribution in [0.3, 0.4) is 0 Å². The molecule has 0 aliphatic carbocycles. The van der Waals surface area contributed by atoms with Gasteiger partial charge >= 0.3 is 0 Å². The van der Waals surface area contributed by atoms with Crippen LogP contribution in [0.4, 0.5) is 10.1 Å². The Morgan fingerprint density at radius 1 is 1.30 bits per heavy atom. The van der Waals surface area contributed by atoms with E-state index in [1.807, 2.05) is 0 Å². The van der Waals surface area contributed by atoms with E-state index in [0.717, 1.165) is 0 Å². The third-order valence-electron chi connectivity index (χ3n) is 2.70.